The highest BCUT2D eigenvalue weighted by molar-refractivity contribution is 7.90. The molecule has 0 aliphatic rings. The van der Waals surface area contributed by atoms with Gasteiger partial charge in [-0.3, -0.25) is 4.79 Å². The van der Waals surface area contributed by atoms with E-state index in [0.29, 0.717) is 5.52 Å². The van der Waals surface area contributed by atoms with E-state index in [4.69, 9.17) is 4.84 Å². The van der Waals surface area contributed by atoms with Crippen LogP contribution in [0.4, 0.5) is 0 Å². The van der Waals surface area contributed by atoms with Crippen molar-refractivity contribution in [2.45, 2.75) is 44.7 Å². The van der Waals surface area contributed by atoms with Gasteiger partial charge in [0.2, 0.25) is 0 Å². The molecule has 0 fully saturated rings. The molecule has 24 heavy (non-hydrogen) atoms. The maximum Gasteiger partial charge on any atom is 0.263 e. The largest absolute Gasteiger partial charge is 0.404 e. The fourth-order valence-electron chi connectivity index (χ4n) is 2.80. The topological polar surface area (TPSA) is 68.6 Å². The standard InChI is InChI=1S/C17H24N2O4S/c1-12(2)19(13(3)4)17(20)11-23-18-9-8-14-6-7-15(10-16(14)18)24(5,21)22/h6-10,12-13H,11H2,1-5H3. The van der Waals surface area contributed by atoms with Crippen LogP contribution in [0.3, 0.4) is 0 Å². The van der Waals surface area contributed by atoms with E-state index in [1.807, 2.05) is 33.8 Å². The molecule has 0 N–H and O–H groups in total. The van der Waals surface area contributed by atoms with Crippen molar-refractivity contribution in [3.8, 4) is 0 Å². The summed E-state index contributed by atoms with van der Waals surface area (Å²) in [5.41, 5.74) is 0.617. The molecule has 2 aromatic rings. The van der Waals surface area contributed by atoms with Gasteiger partial charge in [0.15, 0.2) is 16.4 Å². The van der Waals surface area contributed by atoms with Gasteiger partial charge in [-0.2, -0.15) is 4.73 Å². The number of hydrogen-bond donors (Lipinski definition) is 0. The number of nitrogens with zero attached hydrogens (tertiary/aromatic N) is 2. The van der Waals surface area contributed by atoms with Gasteiger partial charge in [-0.1, -0.05) is 6.07 Å². The lowest BCUT2D eigenvalue weighted by Gasteiger charge is -2.30. The average Bonchev–Trinajstić information content (AvgIpc) is 2.85. The molecule has 2 rings (SSSR count). The van der Waals surface area contributed by atoms with E-state index in [9.17, 15) is 13.2 Å². The molecule has 132 valence electrons. The van der Waals surface area contributed by atoms with Crippen LogP contribution < -0.4 is 4.84 Å². The normalized spacial score (nSPS) is 12.1. The lowest BCUT2D eigenvalue weighted by molar-refractivity contribution is -0.139. The van der Waals surface area contributed by atoms with Gasteiger partial charge in [-0.05, 0) is 45.9 Å². The SMILES string of the molecule is CC(C)N(C(=O)COn1ccc2ccc(S(C)(=O)=O)cc21)C(C)C. The molecule has 0 aliphatic heterocycles. The van der Waals surface area contributed by atoms with E-state index in [0.717, 1.165) is 11.6 Å². The molecule has 1 aromatic carbocycles. The summed E-state index contributed by atoms with van der Waals surface area (Å²) in [6, 6.07) is 6.82. The maximum atomic E-state index is 12.4. The number of aromatic nitrogens is 1. The third-order valence-corrected chi connectivity index (χ3v) is 4.89. The molecule has 7 heteroatoms. The van der Waals surface area contributed by atoms with Crippen molar-refractivity contribution < 1.29 is 18.0 Å². The molecule has 0 bridgehead atoms. The van der Waals surface area contributed by atoms with Crippen LogP contribution >= 0.6 is 0 Å². The summed E-state index contributed by atoms with van der Waals surface area (Å²) >= 11 is 0. The number of rotatable bonds is 6. The van der Waals surface area contributed by atoms with Gasteiger partial charge in [0.25, 0.3) is 5.91 Å². The van der Waals surface area contributed by atoms with Crippen molar-refractivity contribution in [3.05, 3.63) is 30.5 Å². The van der Waals surface area contributed by atoms with Crippen LogP contribution in [0, 0.1) is 0 Å². The van der Waals surface area contributed by atoms with Crippen molar-refractivity contribution in [1.29, 1.82) is 0 Å². The van der Waals surface area contributed by atoms with Crippen molar-refractivity contribution in [1.82, 2.24) is 9.63 Å². The van der Waals surface area contributed by atoms with Crippen LogP contribution in [0.25, 0.3) is 10.9 Å². The Bertz CT molecular complexity index is 829. The second kappa shape index (κ2) is 6.84. The van der Waals surface area contributed by atoms with E-state index >= 15 is 0 Å². The molecule has 0 radical (unpaired) electrons. The molecule has 0 aliphatic carbocycles. The first-order valence-electron chi connectivity index (χ1n) is 7.87. The van der Waals surface area contributed by atoms with E-state index in [-0.39, 0.29) is 29.5 Å². The lowest BCUT2D eigenvalue weighted by Crippen LogP contribution is -2.45. The van der Waals surface area contributed by atoms with E-state index in [1.165, 1.54) is 4.73 Å². The lowest BCUT2D eigenvalue weighted by atomic mass is 10.2. The number of sulfone groups is 1. The van der Waals surface area contributed by atoms with E-state index in [1.54, 1.807) is 29.3 Å². The zero-order chi connectivity index (χ0) is 18.1. The molecular formula is C17H24N2O4S. The summed E-state index contributed by atoms with van der Waals surface area (Å²) in [5.74, 6) is -0.110. The van der Waals surface area contributed by atoms with Crippen LogP contribution in [0.1, 0.15) is 27.7 Å². The third-order valence-electron chi connectivity index (χ3n) is 3.78. The molecule has 0 atom stereocenters. The Morgan fingerprint density at radius 1 is 1.17 bits per heavy atom. The van der Waals surface area contributed by atoms with Crippen molar-refractivity contribution in [2.24, 2.45) is 0 Å². The zero-order valence-electron chi connectivity index (χ0n) is 14.7. The highest BCUT2D eigenvalue weighted by Gasteiger charge is 2.21. The van der Waals surface area contributed by atoms with E-state index < -0.39 is 9.84 Å². The molecule has 0 saturated heterocycles. The predicted octanol–water partition coefficient (Wildman–Crippen LogP) is 2.12. The van der Waals surface area contributed by atoms with E-state index in [2.05, 4.69) is 0 Å². The second-order valence-electron chi connectivity index (χ2n) is 6.40. The highest BCUT2D eigenvalue weighted by Crippen LogP contribution is 2.20. The molecule has 0 spiro atoms. The van der Waals surface area contributed by atoms with Crippen molar-refractivity contribution in [2.75, 3.05) is 12.9 Å². The fraction of sp³-hybridized carbons (Fsp3) is 0.471. The minimum Gasteiger partial charge on any atom is -0.404 e. The highest BCUT2D eigenvalue weighted by atomic mass is 32.2. The van der Waals surface area contributed by atoms with Crippen LogP contribution in [0.15, 0.2) is 35.4 Å². The van der Waals surface area contributed by atoms with Crippen LogP contribution in [0.2, 0.25) is 0 Å². The Morgan fingerprint density at radius 3 is 2.33 bits per heavy atom. The van der Waals surface area contributed by atoms with Gasteiger partial charge in [0, 0.05) is 29.9 Å². The van der Waals surface area contributed by atoms with Gasteiger partial charge in [0.1, 0.15) is 0 Å². The second-order valence-corrected chi connectivity index (χ2v) is 8.41. The summed E-state index contributed by atoms with van der Waals surface area (Å²) in [6.07, 6.45) is 2.84. The Balaban J connectivity index is 2.23. The Kier molecular flexibility index (Phi) is 5.22. The maximum absolute atomic E-state index is 12.4. The number of amides is 1. The first-order chi connectivity index (χ1) is 11.1. The summed E-state index contributed by atoms with van der Waals surface area (Å²) in [6.45, 7) is 7.73. The first-order valence-corrected chi connectivity index (χ1v) is 9.76. The number of benzene rings is 1. The molecule has 1 heterocycles. The number of carbonyl (C=O) groups is 1. The Labute approximate surface area is 142 Å². The molecule has 0 unspecified atom stereocenters. The molecule has 1 aromatic heterocycles. The predicted molar refractivity (Wildman–Crippen MR) is 93.6 cm³/mol. The molecular weight excluding hydrogens is 328 g/mol. The Morgan fingerprint density at radius 2 is 1.79 bits per heavy atom. The average molecular weight is 352 g/mol. The zero-order valence-corrected chi connectivity index (χ0v) is 15.5. The van der Waals surface area contributed by atoms with Gasteiger partial charge < -0.3 is 9.74 Å². The smallest absolute Gasteiger partial charge is 0.263 e. The quantitative estimate of drug-likeness (QED) is 0.798. The molecule has 6 nitrogen and oxygen atoms in total. The van der Waals surface area contributed by atoms with Crippen LogP contribution in [-0.2, 0) is 14.6 Å². The van der Waals surface area contributed by atoms with Gasteiger partial charge >= 0.3 is 0 Å². The fourth-order valence-corrected chi connectivity index (χ4v) is 3.44. The molecule has 0 saturated carbocycles. The molecule has 1 amide bonds. The minimum atomic E-state index is -3.30. The van der Waals surface area contributed by atoms with Gasteiger partial charge in [-0.15, -0.1) is 0 Å². The summed E-state index contributed by atoms with van der Waals surface area (Å²) in [4.78, 5) is 20.0. The first kappa shape index (κ1) is 18.3. The van der Waals surface area contributed by atoms with Crippen molar-refractivity contribution >= 4 is 26.6 Å². The minimum absolute atomic E-state index is 0.0827. The Hall–Kier alpha value is -2.02. The number of fused-ring (bicyclic) bond motifs is 1. The van der Waals surface area contributed by atoms with Gasteiger partial charge in [-0.25, -0.2) is 8.42 Å². The monoisotopic (exact) mass is 352 g/mol. The van der Waals surface area contributed by atoms with Crippen molar-refractivity contribution in [3.63, 3.8) is 0 Å². The number of carbonyl (C=O) groups excluding carboxylic acids is 1. The summed E-state index contributed by atoms with van der Waals surface area (Å²) < 4.78 is 24.9. The summed E-state index contributed by atoms with van der Waals surface area (Å²) in [7, 11) is -3.30. The van der Waals surface area contributed by atoms with Gasteiger partial charge in [0.05, 0.1) is 10.4 Å². The summed E-state index contributed by atoms with van der Waals surface area (Å²) in [5, 5.41) is 0.847. The number of hydrogen-bond acceptors (Lipinski definition) is 4. The third kappa shape index (κ3) is 3.90. The van der Waals surface area contributed by atoms with Crippen LogP contribution in [-0.4, -0.2) is 48.9 Å². The van der Waals surface area contributed by atoms with Crippen LogP contribution in [0.5, 0.6) is 0 Å².